The maximum absolute atomic E-state index is 5.94. The second kappa shape index (κ2) is 8.93. The Balaban J connectivity index is 2.17. The van der Waals surface area contributed by atoms with Crippen LogP contribution in [0.25, 0.3) is 0 Å². The van der Waals surface area contributed by atoms with Crippen LogP contribution in [-0.4, -0.2) is 25.8 Å². The molecule has 0 radical (unpaired) electrons. The predicted molar refractivity (Wildman–Crippen MR) is 74.3 cm³/mol. The molecule has 1 aliphatic rings. The Kier molecular flexibility index (Phi) is 7.87. The molecule has 0 spiro atoms. The first-order chi connectivity index (χ1) is 8.27. The highest BCUT2D eigenvalue weighted by molar-refractivity contribution is 4.73. The number of hydrogen-bond donors (Lipinski definition) is 1. The van der Waals surface area contributed by atoms with Crippen LogP contribution in [0, 0.1) is 11.8 Å². The Hall–Kier alpha value is -0.0800. The summed E-state index contributed by atoms with van der Waals surface area (Å²) in [5, 5.41) is 3.62. The first-order valence-corrected chi connectivity index (χ1v) is 7.59. The monoisotopic (exact) mass is 241 g/mol. The van der Waals surface area contributed by atoms with Gasteiger partial charge >= 0.3 is 0 Å². The van der Waals surface area contributed by atoms with Crippen molar-refractivity contribution in [3.8, 4) is 0 Å². The van der Waals surface area contributed by atoms with E-state index in [1.807, 2.05) is 0 Å². The molecule has 2 nitrogen and oxygen atoms in total. The van der Waals surface area contributed by atoms with E-state index in [2.05, 4.69) is 26.1 Å². The first-order valence-electron chi connectivity index (χ1n) is 7.59. The molecule has 1 aliphatic carbocycles. The third kappa shape index (κ3) is 5.87. The van der Waals surface area contributed by atoms with Gasteiger partial charge in [-0.1, -0.05) is 40.0 Å². The van der Waals surface area contributed by atoms with E-state index in [1.54, 1.807) is 0 Å². The highest BCUT2D eigenvalue weighted by Gasteiger charge is 2.18. The lowest BCUT2D eigenvalue weighted by Gasteiger charge is -2.25. The molecule has 0 saturated heterocycles. The van der Waals surface area contributed by atoms with Crippen LogP contribution >= 0.6 is 0 Å². The van der Waals surface area contributed by atoms with Gasteiger partial charge in [0.2, 0.25) is 0 Å². The normalized spacial score (nSPS) is 20.6. The maximum Gasteiger partial charge on any atom is 0.0622 e. The average Bonchev–Trinajstić information content (AvgIpc) is 2.85. The van der Waals surface area contributed by atoms with Crippen molar-refractivity contribution in [2.45, 2.75) is 65.3 Å². The molecule has 0 aromatic carbocycles. The van der Waals surface area contributed by atoms with Crippen LogP contribution in [0.1, 0.15) is 59.3 Å². The molecule has 1 fully saturated rings. The Labute approximate surface area is 108 Å². The average molecular weight is 241 g/mol. The Bertz CT molecular complexity index is 178. The van der Waals surface area contributed by atoms with E-state index in [4.69, 9.17) is 4.74 Å². The predicted octanol–water partition coefficient (Wildman–Crippen LogP) is 3.61. The lowest BCUT2D eigenvalue weighted by molar-refractivity contribution is 0.0700. The molecular formula is C15H31NO. The van der Waals surface area contributed by atoms with Crippen molar-refractivity contribution in [3.05, 3.63) is 0 Å². The van der Waals surface area contributed by atoms with E-state index in [0.717, 1.165) is 25.7 Å². The topological polar surface area (TPSA) is 21.3 Å². The summed E-state index contributed by atoms with van der Waals surface area (Å²) in [5.41, 5.74) is 0. The van der Waals surface area contributed by atoms with Gasteiger partial charge in [0, 0.05) is 12.6 Å². The second-order valence-corrected chi connectivity index (χ2v) is 5.63. The molecule has 0 aromatic rings. The minimum atomic E-state index is 0.543. The number of rotatable bonds is 9. The second-order valence-electron chi connectivity index (χ2n) is 5.63. The highest BCUT2D eigenvalue weighted by atomic mass is 16.5. The van der Waals surface area contributed by atoms with Gasteiger partial charge in [0.05, 0.1) is 6.61 Å². The van der Waals surface area contributed by atoms with E-state index in [-0.39, 0.29) is 0 Å². The van der Waals surface area contributed by atoms with Crippen LogP contribution < -0.4 is 5.32 Å². The van der Waals surface area contributed by atoms with Crippen LogP contribution in [0.5, 0.6) is 0 Å². The van der Waals surface area contributed by atoms with Gasteiger partial charge in [-0.15, -0.1) is 0 Å². The van der Waals surface area contributed by atoms with Gasteiger partial charge in [0.1, 0.15) is 0 Å². The zero-order valence-corrected chi connectivity index (χ0v) is 12.0. The van der Waals surface area contributed by atoms with Gasteiger partial charge in [0.15, 0.2) is 0 Å². The van der Waals surface area contributed by atoms with E-state index in [9.17, 15) is 0 Å². The summed E-state index contributed by atoms with van der Waals surface area (Å²) in [6, 6.07) is 0.543. The standard InChI is InChI=1S/C15H31NO/c1-4-10-16-15(13(3)5-2)12-17-11-14-8-6-7-9-14/h13-16H,4-12H2,1-3H3. The lowest BCUT2D eigenvalue weighted by atomic mass is 10.00. The summed E-state index contributed by atoms with van der Waals surface area (Å²) in [5.74, 6) is 1.56. The van der Waals surface area contributed by atoms with Gasteiger partial charge in [-0.3, -0.25) is 0 Å². The van der Waals surface area contributed by atoms with Crippen molar-refractivity contribution in [2.75, 3.05) is 19.8 Å². The van der Waals surface area contributed by atoms with Crippen molar-refractivity contribution in [1.82, 2.24) is 5.32 Å². The number of hydrogen-bond acceptors (Lipinski definition) is 2. The van der Waals surface area contributed by atoms with E-state index in [0.29, 0.717) is 12.0 Å². The highest BCUT2D eigenvalue weighted by Crippen LogP contribution is 2.24. The van der Waals surface area contributed by atoms with Gasteiger partial charge in [0.25, 0.3) is 0 Å². The summed E-state index contributed by atoms with van der Waals surface area (Å²) in [4.78, 5) is 0. The van der Waals surface area contributed by atoms with Crippen LogP contribution in [0.2, 0.25) is 0 Å². The van der Waals surface area contributed by atoms with Crippen LogP contribution in [0.4, 0.5) is 0 Å². The molecule has 0 aromatic heterocycles. The van der Waals surface area contributed by atoms with Crippen molar-refractivity contribution in [2.24, 2.45) is 11.8 Å². The Morgan fingerprint density at radius 3 is 2.53 bits per heavy atom. The molecule has 102 valence electrons. The van der Waals surface area contributed by atoms with E-state index >= 15 is 0 Å². The van der Waals surface area contributed by atoms with Crippen molar-refractivity contribution < 1.29 is 4.74 Å². The van der Waals surface area contributed by atoms with E-state index < -0.39 is 0 Å². The molecule has 0 aliphatic heterocycles. The largest absolute Gasteiger partial charge is 0.380 e. The zero-order chi connectivity index (χ0) is 12.5. The molecule has 1 N–H and O–H groups in total. The summed E-state index contributed by atoms with van der Waals surface area (Å²) in [6.45, 7) is 9.81. The summed E-state index contributed by atoms with van der Waals surface area (Å²) < 4.78 is 5.94. The Morgan fingerprint density at radius 1 is 1.24 bits per heavy atom. The summed E-state index contributed by atoms with van der Waals surface area (Å²) in [6.07, 6.45) is 8.03. The molecule has 1 rings (SSSR count). The Morgan fingerprint density at radius 2 is 1.94 bits per heavy atom. The maximum atomic E-state index is 5.94. The molecule has 1 saturated carbocycles. The molecular weight excluding hydrogens is 210 g/mol. The minimum Gasteiger partial charge on any atom is -0.380 e. The van der Waals surface area contributed by atoms with Crippen molar-refractivity contribution >= 4 is 0 Å². The molecule has 0 bridgehead atoms. The van der Waals surface area contributed by atoms with Crippen molar-refractivity contribution in [1.29, 1.82) is 0 Å². The molecule has 0 amide bonds. The molecule has 2 unspecified atom stereocenters. The molecule has 0 heterocycles. The summed E-state index contributed by atoms with van der Waals surface area (Å²) in [7, 11) is 0. The SMILES string of the molecule is CCCNC(COCC1CCCC1)C(C)CC. The fourth-order valence-electron chi connectivity index (χ4n) is 2.58. The lowest BCUT2D eigenvalue weighted by Crippen LogP contribution is -2.39. The minimum absolute atomic E-state index is 0.543. The van der Waals surface area contributed by atoms with Crippen LogP contribution in [0.3, 0.4) is 0 Å². The number of ether oxygens (including phenoxy) is 1. The first kappa shape index (κ1) is 15.0. The van der Waals surface area contributed by atoms with Crippen LogP contribution in [-0.2, 0) is 4.74 Å². The van der Waals surface area contributed by atoms with Crippen LogP contribution in [0.15, 0.2) is 0 Å². The molecule has 17 heavy (non-hydrogen) atoms. The zero-order valence-electron chi connectivity index (χ0n) is 12.0. The molecule has 2 heteroatoms. The molecule has 2 atom stereocenters. The number of nitrogens with one attached hydrogen (secondary N) is 1. The van der Waals surface area contributed by atoms with Crippen molar-refractivity contribution in [3.63, 3.8) is 0 Å². The summed E-state index contributed by atoms with van der Waals surface area (Å²) >= 11 is 0. The van der Waals surface area contributed by atoms with Gasteiger partial charge in [-0.05, 0) is 37.6 Å². The third-order valence-corrected chi connectivity index (χ3v) is 4.11. The third-order valence-electron chi connectivity index (χ3n) is 4.11. The van der Waals surface area contributed by atoms with Gasteiger partial charge in [-0.2, -0.15) is 0 Å². The fourth-order valence-corrected chi connectivity index (χ4v) is 2.58. The fraction of sp³-hybridized carbons (Fsp3) is 1.00. The van der Waals surface area contributed by atoms with Gasteiger partial charge < -0.3 is 10.1 Å². The van der Waals surface area contributed by atoms with Gasteiger partial charge in [-0.25, -0.2) is 0 Å². The smallest absolute Gasteiger partial charge is 0.0622 e. The quantitative estimate of drug-likeness (QED) is 0.666. The van der Waals surface area contributed by atoms with E-state index in [1.165, 1.54) is 38.5 Å².